The maximum absolute atomic E-state index is 12.3. The number of benzene rings is 2. The van der Waals surface area contributed by atoms with Gasteiger partial charge in [0.25, 0.3) is 0 Å². The number of methoxy groups -OCH3 is 1. The van der Waals surface area contributed by atoms with Gasteiger partial charge in [-0.05, 0) is 42.6 Å². The zero-order valence-electron chi connectivity index (χ0n) is 16.7. The van der Waals surface area contributed by atoms with Crippen LogP contribution in [-0.2, 0) is 16.4 Å². The number of sulfone groups is 1. The maximum atomic E-state index is 12.3. The summed E-state index contributed by atoms with van der Waals surface area (Å²) in [6, 6.07) is 16.7. The minimum absolute atomic E-state index is 0.184. The Labute approximate surface area is 173 Å². The fourth-order valence-corrected chi connectivity index (χ4v) is 5.93. The van der Waals surface area contributed by atoms with Gasteiger partial charge in [-0.15, -0.1) is 0 Å². The zero-order chi connectivity index (χ0) is 20.3. The van der Waals surface area contributed by atoms with E-state index in [1.54, 1.807) is 7.11 Å². The van der Waals surface area contributed by atoms with Crippen LogP contribution in [0.4, 0.5) is 0 Å². The molecule has 2 aromatic carbocycles. The lowest BCUT2D eigenvalue weighted by molar-refractivity contribution is 0.303. The molecule has 2 saturated heterocycles. The van der Waals surface area contributed by atoms with Gasteiger partial charge in [0.05, 0.1) is 12.9 Å². The van der Waals surface area contributed by atoms with Crippen LogP contribution in [0.2, 0.25) is 0 Å². The van der Waals surface area contributed by atoms with Gasteiger partial charge in [0.1, 0.15) is 11.1 Å². The molecule has 0 aliphatic carbocycles. The molecular formula is C22H29N3O3S. The Bertz CT molecular complexity index is 934. The molecule has 3 atom stereocenters. The SMILES string of the molecule is COc1ccc(C2NCCS2(=O)=O)cc1CNC1CCCNC1c1ccccc1. The average molecular weight is 416 g/mol. The number of ether oxygens (including phenoxy) is 1. The summed E-state index contributed by atoms with van der Waals surface area (Å²) < 4.78 is 30.2. The Morgan fingerprint density at radius 3 is 2.62 bits per heavy atom. The predicted octanol–water partition coefficient (Wildman–Crippen LogP) is 2.29. The molecule has 0 spiro atoms. The third-order valence-electron chi connectivity index (χ3n) is 5.85. The first-order valence-electron chi connectivity index (χ1n) is 10.2. The zero-order valence-corrected chi connectivity index (χ0v) is 17.5. The van der Waals surface area contributed by atoms with E-state index in [2.05, 4.69) is 40.2 Å². The number of rotatable bonds is 6. The van der Waals surface area contributed by atoms with Crippen LogP contribution < -0.4 is 20.7 Å². The van der Waals surface area contributed by atoms with Gasteiger partial charge in [-0.25, -0.2) is 8.42 Å². The molecule has 2 aliphatic heterocycles. The highest BCUT2D eigenvalue weighted by atomic mass is 32.2. The van der Waals surface area contributed by atoms with Crippen molar-refractivity contribution in [3.05, 3.63) is 65.2 Å². The molecule has 0 aromatic heterocycles. The van der Waals surface area contributed by atoms with Gasteiger partial charge in [-0.1, -0.05) is 36.4 Å². The van der Waals surface area contributed by atoms with E-state index in [1.165, 1.54) is 5.56 Å². The van der Waals surface area contributed by atoms with E-state index >= 15 is 0 Å². The van der Waals surface area contributed by atoms with Crippen LogP contribution in [0.25, 0.3) is 0 Å². The fourth-order valence-electron chi connectivity index (χ4n) is 4.36. The molecule has 7 heteroatoms. The molecule has 29 heavy (non-hydrogen) atoms. The van der Waals surface area contributed by atoms with E-state index in [9.17, 15) is 8.42 Å². The molecule has 2 aromatic rings. The van der Waals surface area contributed by atoms with E-state index < -0.39 is 15.2 Å². The topological polar surface area (TPSA) is 79.5 Å². The van der Waals surface area contributed by atoms with Gasteiger partial charge in [-0.3, -0.25) is 5.32 Å². The quantitative estimate of drug-likeness (QED) is 0.672. The Kier molecular flexibility index (Phi) is 6.20. The average Bonchev–Trinajstić information content (AvgIpc) is 3.12. The van der Waals surface area contributed by atoms with Crippen LogP contribution in [0.3, 0.4) is 0 Å². The molecular weight excluding hydrogens is 386 g/mol. The fraction of sp³-hybridized carbons (Fsp3) is 0.455. The van der Waals surface area contributed by atoms with Crippen molar-refractivity contribution in [1.82, 2.24) is 16.0 Å². The lowest BCUT2D eigenvalue weighted by Gasteiger charge is -2.34. The van der Waals surface area contributed by atoms with Gasteiger partial charge in [-0.2, -0.15) is 0 Å². The second-order valence-electron chi connectivity index (χ2n) is 7.74. The Balaban J connectivity index is 1.53. The van der Waals surface area contributed by atoms with Gasteiger partial charge in [0, 0.05) is 30.7 Å². The van der Waals surface area contributed by atoms with Crippen molar-refractivity contribution in [2.45, 2.75) is 36.8 Å². The summed E-state index contributed by atoms with van der Waals surface area (Å²) in [5.41, 5.74) is 3.04. The molecule has 0 bridgehead atoms. The summed E-state index contributed by atoms with van der Waals surface area (Å²) in [5, 5.41) is 9.80. The van der Waals surface area contributed by atoms with Crippen LogP contribution in [0.5, 0.6) is 5.75 Å². The van der Waals surface area contributed by atoms with Crippen molar-refractivity contribution in [1.29, 1.82) is 0 Å². The Hall–Kier alpha value is -1.93. The minimum Gasteiger partial charge on any atom is -0.496 e. The first kappa shape index (κ1) is 20.3. The molecule has 0 saturated carbocycles. The van der Waals surface area contributed by atoms with Gasteiger partial charge >= 0.3 is 0 Å². The number of nitrogens with one attached hydrogen (secondary N) is 3. The van der Waals surface area contributed by atoms with Crippen LogP contribution in [0.1, 0.15) is 40.9 Å². The molecule has 156 valence electrons. The first-order chi connectivity index (χ1) is 14.1. The molecule has 2 aliphatic rings. The van der Waals surface area contributed by atoms with Crippen molar-refractivity contribution >= 4 is 9.84 Å². The number of hydrogen-bond acceptors (Lipinski definition) is 6. The van der Waals surface area contributed by atoms with Crippen molar-refractivity contribution in [2.75, 3.05) is 26.0 Å². The van der Waals surface area contributed by atoms with Crippen LogP contribution >= 0.6 is 0 Å². The molecule has 0 amide bonds. The normalized spacial score (nSPS) is 26.3. The molecule has 0 radical (unpaired) electrons. The Morgan fingerprint density at radius 2 is 1.90 bits per heavy atom. The van der Waals surface area contributed by atoms with Gasteiger partial charge in [0.2, 0.25) is 0 Å². The largest absolute Gasteiger partial charge is 0.496 e. The van der Waals surface area contributed by atoms with Gasteiger partial charge in [0.15, 0.2) is 9.84 Å². The van der Waals surface area contributed by atoms with E-state index in [0.717, 1.165) is 36.3 Å². The summed E-state index contributed by atoms with van der Waals surface area (Å²) in [6.07, 6.45) is 2.22. The van der Waals surface area contributed by atoms with Crippen molar-refractivity contribution in [3.63, 3.8) is 0 Å². The van der Waals surface area contributed by atoms with Crippen molar-refractivity contribution < 1.29 is 13.2 Å². The van der Waals surface area contributed by atoms with Crippen LogP contribution in [-0.4, -0.2) is 40.4 Å². The molecule has 6 nitrogen and oxygen atoms in total. The summed E-state index contributed by atoms with van der Waals surface area (Å²) in [6.45, 7) is 2.14. The molecule has 3 N–H and O–H groups in total. The van der Waals surface area contributed by atoms with E-state index in [-0.39, 0.29) is 11.8 Å². The van der Waals surface area contributed by atoms with Crippen molar-refractivity contribution in [3.8, 4) is 5.75 Å². The minimum atomic E-state index is -3.14. The monoisotopic (exact) mass is 415 g/mol. The highest BCUT2D eigenvalue weighted by molar-refractivity contribution is 7.91. The second-order valence-corrected chi connectivity index (χ2v) is 9.95. The Morgan fingerprint density at radius 1 is 1.07 bits per heavy atom. The van der Waals surface area contributed by atoms with E-state index in [1.807, 2.05) is 24.3 Å². The summed E-state index contributed by atoms with van der Waals surface area (Å²) in [5.74, 6) is 0.959. The van der Waals surface area contributed by atoms with Crippen molar-refractivity contribution in [2.24, 2.45) is 0 Å². The lowest BCUT2D eigenvalue weighted by atomic mass is 9.92. The smallest absolute Gasteiger partial charge is 0.171 e. The summed E-state index contributed by atoms with van der Waals surface area (Å²) in [7, 11) is -1.49. The first-order valence-corrected chi connectivity index (χ1v) is 11.9. The highest BCUT2D eigenvalue weighted by Crippen LogP contribution is 2.30. The molecule has 2 fully saturated rings. The summed E-state index contributed by atoms with van der Waals surface area (Å²) in [4.78, 5) is 0. The second kappa shape index (κ2) is 8.83. The van der Waals surface area contributed by atoms with Crippen LogP contribution in [0, 0.1) is 0 Å². The maximum Gasteiger partial charge on any atom is 0.171 e. The molecule has 3 unspecified atom stereocenters. The van der Waals surface area contributed by atoms with Crippen LogP contribution in [0.15, 0.2) is 48.5 Å². The third kappa shape index (κ3) is 4.48. The summed E-state index contributed by atoms with van der Waals surface area (Å²) >= 11 is 0. The number of piperidine rings is 1. The molecule has 4 rings (SSSR count). The predicted molar refractivity (Wildman–Crippen MR) is 115 cm³/mol. The number of hydrogen-bond donors (Lipinski definition) is 3. The standard InChI is InChI=1S/C22H29N3O3S/c1-28-20-10-9-17(22-24-12-13-29(22,26)27)14-18(20)15-25-19-8-5-11-23-21(19)16-6-3-2-4-7-16/h2-4,6-7,9-10,14,19,21-25H,5,8,11-13,15H2,1H3. The highest BCUT2D eigenvalue weighted by Gasteiger charge is 2.32. The van der Waals surface area contributed by atoms with E-state index in [4.69, 9.17) is 4.74 Å². The molecule has 2 heterocycles. The third-order valence-corrected chi connectivity index (χ3v) is 7.78. The van der Waals surface area contributed by atoms with E-state index in [0.29, 0.717) is 19.1 Å². The van der Waals surface area contributed by atoms with Gasteiger partial charge < -0.3 is 15.4 Å². The lowest BCUT2D eigenvalue weighted by Crippen LogP contribution is -2.45.